The molecular formula is C41H67N19O7. The molecule has 2 saturated heterocycles. The summed E-state index contributed by atoms with van der Waals surface area (Å²) >= 11 is 0. The maximum absolute atomic E-state index is 14.3. The SMILES string of the molecule is C#CCOCCOCCOCCNc1nc(N2CCN(C(=O)[C@H](CCC(=O)O)n3cc(CN)nn3)CC2)nc(N2CCN(C(=O)[C@H](CCCN=C(N)N)n3cc(C(N)[C@@H](C)CC)nn3)CC2)n1. The highest BCUT2D eigenvalue weighted by Crippen LogP contribution is 2.26. The Morgan fingerprint density at radius 2 is 1.40 bits per heavy atom. The van der Waals surface area contributed by atoms with Gasteiger partial charge in [0.25, 0.3) is 0 Å². The van der Waals surface area contributed by atoms with Crippen molar-refractivity contribution in [2.24, 2.45) is 33.8 Å². The molecule has 0 aromatic carbocycles. The van der Waals surface area contributed by atoms with Gasteiger partial charge in [-0.15, -0.1) is 16.6 Å². The Morgan fingerprint density at radius 3 is 1.96 bits per heavy atom. The summed E-state index contributed by atoms with van der Waals surface area (Å²) in [5.41, 5.74) is 24.4. The fraction of sp³-hybridized carbons (Fsp3) is 0.683. The molecule has 26 heteroatoms. The zero-order valence-electron chi connectivity index (χ0n) is 38.6. The number of nitrogens with two attached hydrogens (primary N) is 4. The first-order valence-electron chi connectivity index (χ1n) is 22.7. The van der Waals surface area contributed by atoms with Gasteiger partial charge in [-0.05, 0) is 25.2 Å². The summed E-state index contributed by atoms with van der Waals surface area (Å²) in [4.78, 5) is 65.6. The van der Waals surface area contributed by atoms with Gasteiger partial charge < -0.3 is 67.2 Å². The smallest absolute Gasteiger partial charge is 0.303 e. The second kappa shape index (κ2) is 26.8. The summed E-state index contributed by atoms with van der Waals surface area (Å²) in [5.74, 6) is 2.33. The zero-order valence-corrected chi connectivity index (χ0v) is 38.6. The fourth-order valence-electron chi connectivity index (χ4n) is 7.39. The molecule has 1 unspecified atom stereocenters. The van der Waals surface area contributed by atoms with Crippen LogP contribution >= 0.6 is 0 Å². The van der Waals surface area contributed by atoms with Gasteiger partial charge in [-0.25, -0.2) is 9.36 Å². The van der Waals surface area contributed by atoms with Crippen molar-refractivity contribution in [3.8, 4) is 12.3 Å². The van der Waals surface area contributed by atoms with Gasteiger partial charge >= 0.3 is 5.97 Å². The van der Waals surface area contributed by atoms with Crippen molar-refractivity contribution in [1.29, 1.82) is 0 Å². The van der Waals surface area contributed by atoms with Crippen LogP contribution in [0.1, 0.15) is 75.5 Å². The number of rotatable bonds is 28. The summed E-state index contributed by atoms with van der Waals surface area (Å²) in [6.45, 7) is 10.2. The van der Waals surface area contributed by atoms with Crippen LogP contribution in [0.25, 0.3) is 0 Å². The minimum atomic E-state index is -1.02. The number of carboxylic acids is 1. The quantitative estimate of drug-likeness (QED) is 0.0206. The Kier molecular flexibility index (Phi) is 20.7. The second-order valence-electron chi connectivity index (χ2n) is 16.1. The highest BCUT2D eigenvalue weighted by atomic mass is 16.5. The average Bonchev–Trinajstić information content (AvgIpc) is 4.03. The normalized spacial score (nSPS) is 16.0. The van der Waals surface area contributed by atoms with Crippen LogP contribution < -0.4 is 38.1 Å². The number of aromatic nitrogens is 9. The first-order valence-corrected chi connectivity index (χ1v) is 22.7. The number of carboxylic acid groups (broad SMARTS) is 1. The third-order valence-electron chi connectivity index (χ3n) is 11.5. The molecule has 0 spiro atoms. The number of nitrogens with one attached hydrogen (secondary N) is 1. The van der Waals surface area contributed by atoms with E-state index in [4.69, 9.17) is 58.5 Å². The number of carbonyl (C=O) groups excluding carboxylic acids is 2. The highest BCUT2D eigenvalue weighted by Gasteiger charge is 2.33. The molecule has 2 fully saturated rings. The maximum atomic E-state index is 14.3. The van der Waals surface area contributed by atoms with Gasteiger partial charge in [0.2, 0.25) is 29.7 Å². The number of anilines is 3. The summed E-state index contributed by atoms with van der Waals surface area (Å²) in [5, 5.41) is 29.4. The second-order valence-corrected chi connectivity index (χ2v) is 16.1. The maximum Gasteiger partial charge on any atom is 0.303 e. The van der Waals surface area contributed by atoms with Crippen molar-refractivity contribution >= 4 is 41.6 Å². The molecule has 0 bridgehead atoms. The zero-order chi connectivity index (χ0) is 48.1. The molecule has 0 radical (unpaired) electrons. The molecule has 0 saturated carbocycles. The van der Waals surface area contributed by atoms with Crippen LogP contribution in [0.2, 0.25) is 0 Å². The van der Waals surface area contributed by atoms with Gasteiger partial charge in [0.15, 0.2) is 5.96 Å². The number of ether oxygens (including phenoxy) is 3. The van der Waals surface area contributed by atoms with Crippen LogP contribution in [0.5, 0.6) is 0 Å². The van der Waals surface area contributed by atoms with Gasteiger partial charge in [-0.2, -0.15) is 15.0 Å². The Morgan fingerprint density at radius 1 is 0.836 bits per heavy atom. The first kappa shape index (κ1) is 51.7. The van der Waals surface area contributed by atoms with Crippen molar-refractivity contribution in [2.45, 2.75) is 70.6 Å². The Bertz CT molecular complexity index is 2080. The third kappa shape index (κ3) is 15.7. The van der Waals surface area contributed by atoms with Gasteiger partial charge in [0.05, 0.1) is 62.9 Å². The number of guanidine groups is 1. The Labute approximate surface area is 390 Å². The number of amides is 2. The predicted octanol–water partition coefficient (Wildman–Crippen LogP) is -1.65. The number of carbonyl (C=O) groups is 3. The minimum absolute atomic E-state index is 0.0165. The third-order valence-corrected chi connectivity index (χ3v) is 11.5. The molecule has 2 aliphatic rings. The molecule has 67 heavy (non-hydrogen) atoms. The van der Waals surface area contributed by atoms with Gasteiger partial charge in [-0.3, -0.25) is 19.4 Å². The number of terminal acetylenes is 1. The van der Waals surface area contributed by atoms with Crippen molar-refractivity contribution in [1.82, 2.24) is 54.7 Å². The minimum Gasteiger partial charge on any atom is -0.481 e. The molecule has 4 atom stereocenters. The molecule has 5 rings (SSSR count). The first-order chi connectivity index (χ1) is 32.4. The van der Waals surface area contributed by atoms with Crippen LogP contribution in [-0.2, 0) is 35.1 Å². The number of nitrogens with zero attached hydrogens (tertiary/aromatic N) is 14. The number of aliphatic imine (C=N–C) groups is 1. The van der Waals surface area contributed by atoms with Crippen LogP contribution in [-0.4, -0.2) is 189 Å². The van der Waals surface area contributed by atoms with Crippen LogP contribution in [0.3, 0.4) is 0 Å². The van der Waals surface area contributed by atoms with Crippen molar-refractivity contribution < 1.29 is 33.7 Å². The largest absolute Gasteiger partial charge is 0.481 e. The molecule has 26 nitrogen and oxygen atoms in total. The lowest BCUT2D eigenvalue weighted by Crippen LogP contribution is -2.52. The Balaban J connectivity index is 1.27. The van der Waals surface area contributed by atoms with Crippen molar-refractivity contribution in [3.63, 3.8) is 0 Å². The van der Waals surface area contributed by atoms with E-state index in [-0.39, 0.29) is 55.7 Å². The lowest BCUT2D eigenvalue weighted by atomic mass is 9.98. The van der Waals surface area contributed by atoms with Crippen molar-refractivity contribution in [3.05, 3.63) is 23.8 Å². The van der Waals surface area contributed by atoms with Gasteiger partial charge in [-0.1, -0.05) is 36.6 Å². The van der Waals surface area contributed by atoms with E-state index in [1.807, 2.05) is 9.80 Å². The van der Waals surface area contributed by atoms with Gasteiger partial charge in [0, 0.05) is 78.4 Å². The number of piperazine rings is 2. The lowest BCUT2D eigenvalue weighted by Gasteiger charge is -2.38. The summed E-state index contributed by atoms with van der Waals surface area (Å²) in [6.07, 6.45) is 10.2. The molecule has 10 N–H and O–H groups in total. The highest BCUT2D eigenvalue weighted by molar-refractivity contribution is 5.82. The summed E-state index contributed by atoms with van der Waals surface area (Å²) in [7, 11) is 0. The molecule has 3 aromatic heterocycles. The van der Waals surface area contributed by atoms with E-state index in [9.17, 15) is 19.5 Å². The van der Waals surface area contributed by atoms with Crippen LogP contribution in [0.4, 0.5) is 17.8 Å². The standard InChI is InChI=1S/C41H67N19O7/c1-4-20-65-22-24-67-25-23-66-21-11-47-39-48-40(50-41(49-39)58-18-14-56(15-19-58)37(64)33(8-9-34(61)62)59-27-30(26-42)51-53-59)57-16-12-55(13-17-57)36(63)32(7-6-10-46-38(44)45)60-28-31(52-54-60)35(43)29(3)5-2/h1,27-29,32-33,35H,5-26,42-43H2,2-3H3,(H,61,62)(H4,44,45,46)(H,47,48,49,50)/t29-,32-,33-,35?/m0/s1. The molecule has 0 aliphatic carbocycles. The molecule has 2 aliphatic heterocycles. The molecule has 5 heterocycles. The molecule has 368 valence electrons. The van der Waals surface area contributed by atoms with E-state index in [0.717, 1.165) is 6.42 Å². The average molecular weight is 938 g/mol. The molecule has 3 aromatic rings. The summed E-state index contributed by atoms with van der Waals surface area (Å²) in [6, 6.07) is -1.83. The number of hydrogen-bond donors (Lipinski definition) is 6. The van der Waals surface area contributed by atoms with E-state index in [1.165, 1.54) is 4.68 Å². The monoisotopic (exact) mass is 938 g/mol. The van der Waals surface area contributed by atoms with E-state index in [0.29, 0.717) is 141 Å². The topological polar surface area (TPSA) is 341 Å². The van der Waals surface area contributed by atoms with Crippen molar-refractivity contribution in [2.75, 3.05) is 120 Å². The van der Waals surface area contributed by atoms with Crippen LogP contribution in [0, 0.1) is 18.3 Å². The van der Waals surface area contributed by atoms with E-state index in [1.54, 1.807) is 26.9 Å². The van der Waals surface area contributed by atoms with E-state index in [2.05, 4.69) is 50.7 Å². The predicted molar refractivity (Wildman–Crippen MR) is 246 cm³/mol. The van der Waals surface area contributed by atoms with E-state index >= 15 is 0 Å². The number of aliphatic carboxylic acids is 1. The molecular weight excluding hydrogens is 871 g/mol. The van der Waals surface area contributed by atoms with Gasteiger partial charge in [0.1, 0.15) is 18.7 Å². The Hall–Kier alpha value is -6.27. The number of hydrogen-bond acceptors (Lipinski definition) is 19. The molecule has 2 amide bonds. The van der Waals surface area contributed by atoms with Crippen LogP contribution in [0.15, 0.2) is 17.4 Å². The fourth-order valence-corrected chi connectivity index (χ4v) is 7.39. The summed E-state index contributed by atoms with van der Waals surface area (Å²) < 4.78 is 19.5. The van der Waals surface area contributed by atoms with E-state index < -0.39 is 18.1 Å². The lowest BCUT2D eigenvalue weighted by molar-refractivity contribution is -0.139.